The molecule has 0 radical (unpaired) electrons. The molecule has 0 N–H and O–H groups in total. The van der Waals surface area contributed by atoms with Crippen molar-refractivity contribution in [2.45, 2.75) is 19.0 Å². The molecule has 0 aliphatic carbocycles. The summed E-state index contributed by atoms with van der Waals surface area (Å²) in [5, 5.41) is 0. The number of hydrogen-bond donors (Lipinski definition) is 0. The summed E-state index contributed by atoms with van der Waals surface area (Å²) in [4.78, 5) is 10.5. The maximum Gasteiger partial charge on any atom is 0.422 e. The Labute approximate surface area is 68.0 Å². The number of allylic oxidation sites excluding steroid dienone is 1. The zero-order valence-electron chi connectivity index (χ0n) is 6.36. The van der Waals surface area contributed by atoms with Crippen molar-refractivity contribution in [2.75, 3.05) is 6.61 Å². The fraction of sp³-hybridized carbons (Fsp3) is 0.571. The molecule has 0 aliphatic heterocycles. The van der Waals surface area contributed by atoms with Gasteiger partial charge in [0.2, 0.25) is 0 Å². The number of esters is 1. The van der Waals surface area contributed by atoms with Crippen LogP contribution in [-0.4, -0.2) is 18.8 Å². The minimum absolute atomic E-state index is 0.0560. The Bertz CT molecular complexity index is 163. The molecule has 70 valence electrons. The summed E-state index contributed by atoms with van der Waals surface area (Å²) in [6, 6.07) is 0. The van der Waals surface area contributed by atoms with E-state index in [2.05, 4.69) is 11.3 Å². The smallest absolute Gasteiger partial charge is 0.422 e. The molecule has 5 heteroatoms. The van der Waals surface area contributed by atoms with Crippen LogP contribution >= 0.6 is 0 Å². The fourth-order valence-corrected chi connectivity index (χ4v) is 0.454. The van der Waals surface area contributed by atoms with Gasteiger partial charge in [-0.1, -0.05) is 6.08 Å². The highest BCUT2D eigenvalue weighted by molar-refractivity contribution is 5.69. The van der Waals surface area contributed by atoms with E-state index in [0.29, 0.717) is 6.42 Å². The Morgan fingerprint density at radius 1 is 1.50 bits per heavy atom. The maximum atomic E-state index is 11.4. The number of carbonyl (C=O) groups excluding carboxylic acids is 1. The monoisotopic (exact) mass is 182 g/mol. The van der Waals surface area contributed by atoms with Gasteiger partial charge in [-0.3, -0.25) is 4.79 Å². The van der Waals surface area contributed by atoms with Crippen LogP contribution < -0.4 is 0 Å². The van der Waals surface area contributed by atoms with E-state index in [4.69, 9.17) is 0 Å². The second-order valence-electron chi connectivity index (χ2n) is 2.10. The molecular weight excluding hydrogens is 173 g/mol. The van der Waals surface area contributed by atoms with Gasteiger partial charge in [0.1, 0.15) is 0 Å². The van der Waals surface area contributed by atoms with Gasteiger partial charge in [0.25, 0.3) is 0 Å². The summed E-state index contributed by atoms with van der Waals surface area (Å²) in [6.45, 7) is 1.80. The molecule has 0 fully saturated rings. The van der Waals surface area contributed by atoms with Gasteiger partial charge in [-0.25, -0.2) is 0 Å². The average Bonchev–Trinajstić information content (AvgIpc) is 1.95. The molecule has 12 heavy (non-hydrogen) atoms. The molecule has 0 aromatic heterocycles. The van der Waals surface area contributed by atoms with Crippen molar-refractivity contribution in [1.82, 2.24) is 0 Å². The van der Waals surface area contributed by atoms with Crippen LogP contribution in [0.2, 0.25) is 0 Å². The van der Waals surface area contributed by atoms with Gasteiger partial charge in [0, 0.05) is 6.42 Å². The molecule has 0 saturated heterocycles. The first-order valence-corrected chi connectivity index (χ1v) is 3.29. The maximum absolute atomic E-state index is 11.4. The molecule has 0 atom stereocenters. The summed E-state index contributed by atoms with van der Waals surface area (Å²) in [5.74, 6) is -0.854. The van der Waals surface area contributed by atoms with Gasteiger partial charge in [0.05, 0.1) is 0 Å². The summed E-state index contributed by atoms with van der Waals surface area (Å²) < 4.78 is 38.2. The van der Waals surface area contributed by atoms with E-state index in [1.54, 1.807) is 0 Å². The lowest BCUT2D eigenvalue weighted by Crippen LogP contribution is -2.20. The van der Waals surface area contributed by atoms with Crippen molar-refractivity contribution in [3.05, 3.63) is 12.7 Å². The first kappa shape index (κ1) is 11.0. The van der Waals surface area contributed by atoms with Crippen LogP contribution in [0.4, 0.5) is 13.2 Å². The molecule has 0 aromatic rings. The summed E-state index contributed by atoms with van der Waals surface area (Å²) in [7, 11) is 0. The predicted octanol–water partition coefficient (Wildman–Crippen LogP) is 2.06. The van der Waals surface area contributed by atoms with Gasteiger partial charge in [-0.05, 0) is 6.42 Å². The average molecular weight is 182 g/mol. The summed E-state index contributed by atoms with van der Waals surface area (Å²) >= 11 is 0. The van der Waals surface area contributed by atoms with E-state index >= 15 is 0 Å². The molecule has 0 saturated carbocycles. The standard InChI is InChI=1S/C7H9F3O2/c1-2-3-4-6(11)12-5-7(8,9)10/h2H,1,3-5H2. The number of halogens is 3. The third-order valence-corrected chi connectivity index (χ3v) is 0.949. The molecule has 0 aromatic carbocycles. The number of ether oxygens (including phenoxy) is 1. The van der Waals surface area contributed by atoms with Crippen molar-refractivity contribution in [1.29, 1.82) is 0 Å². The van der Waals surface area contributed by atoms with Gasteiger partial charge in [-0.2, -0.15) is 13.2 Å². The van der Waals surface area contributed by atoms with E-state index < -0.39 is 18.8 Å². The van der Waals surface area contributed by atoms with Crippen LogP contribution in [0.25, 0.3) is 0 Å². The highest BCUT2D eigenvalue weighted by Gasteiger charge is 2.29. The first-order chi connectivity index (χ1) is 5.45. The zero-order valence-corrected chi connectivity index (χ0v) is 6.36. The van der Waals surface area contributed by atoms with E-state index in [9.17, 15) is 18.0 Å². The number of carbonyl (C=O) groups is 1. The zero-order chi connectivity index (χ0) is 9.61. The Balaban J connectivity index is 3.51. The van der Waals surface area contributed by atoms with Crippen LogP contribution in [0.5, 0.6) is 0 Å². The molecule has 0 heterocycles. The van der Waals surface area contributed by atoms with E-state index in [0.717, 1.165) is 0 Å². The van der Waals surface area contributed by atoms with E-state index in [1.807, 2.05) is 0 Å². The van der Waals surface area contributed by atoms with Gasteiger partial charge in [-0.15, -0.1) is 6.58 Å². The van der Waals surface area contributed by atoms with Crippen LogP contribution in [0.1, 0.15) is 12.8 Å². The molecule has 0 rings (SSSR count). The van der Waals surface area contributed by atoms with Crippen molar-refractivity contribution in [3.63, 3.8) is 0 Å². The summed E-state index contributed by atoms with van der Waals surface area (Å²) in [6.07, 6.45) is -2.73. The number of hydrogen-bond acceptors (Lipinski definition) is 2. The number of alkyl halides is 3. The lowest BCUT2D eigenvalue weighted by Gasteiger charge is -2.06. The van der Waals surface area contributed by atoms with E-state index in [-0.39, 0.29) is 6.42 Å². The fourth-order valence-electron chi connectivity index (χ4n) is 0.454. The Morgan fingerprint density at radius 2 is 2.08 bits per heavy atom. The Kier molecular flexibility index (Phi) is 4.39. The Hall–Kier alpha value is -1.00. The highest BCUT2D eigenvalue weighted by atomic mass is 19.4. The van der Waals surface area contributed by atoms with Crippen molar-refractivity contribution in [3.8, 4) is 0 Å². The molecule has 0 amide bonds. The minimum atomic E-state index is -4.44. The minimum Gasteiger partial charge on any atom is -0.456 e. The predicted molar refractivity (Wildman–Crippen MR) is 36.4 cm³/mol. The van der Waals surface area contributed by atoms with Crippen molar-refractivity contribution < 1.29 is 22.7 Å². The van der Waals surface area contributed by atoms with Gasteiger partial charge >= 0.3 is 12.1 Å². The topological polar surface area (TPSA) is 26.3 Å². The third-order valence-electron chi connectivity index (χ3n) is 0.949. The number of rotatable bonds is 4. The van der Waals surface area contributed by atoms with Crippen molar-refractivity contribution in [2.24, 2.45) is 0 Å². The quantitative estimate of drug-likeness (QED) is 0.491. The van der Waals surface area contributed by atoms with Crippen molar-refractivity contribution >= 4 is 5.97 Å². The highest BCUT2D eigenvalue weighted by Crippen LogP contribution is 2.14. The SMILES string of the molecule is C=CCCC(=O)OCC(F)(F)F. The third kappa shape index (κ3) is 7.11. The van der Waals surface area contributed by atoms with Crippen LogP contribution in [0.15, 0.2) is 12.7 Å². The molecule has 0 bridgehead atoms. The largest absolute Gasteiger partial charge is 0.456 e. The molecule has 0 spiro atoms. The summed E-state index contributed by atoms with van der Waals surface area (Å²) in [5.41, 5.74) is 0. The van der Waals surface area contributed by atoms with Crippen LogP contribution in [0.3, 0.4) is 0 Å². The first-order valence-electron chi connectivity index (χ1n) is 3.29. The van der Waals surface area contributed by atoms with E-state index in [1.165, 1.54) is 6.08 Å². The van der Waals surface area contributed by atoms with Crippen LogP contribution in [-0.2, 0) is 9.53 Å². The van der Waals surface area contributed by atoms with Gasteiger partial charge in [0.15, 0.2) is 6.61 Å². The van der Waals surface area contributed by atoms with Crippen LogP contribution in [0, 0.1) is 0 Å². The molecule has 0 aliphatic rings. The Morgan fingerprint density at radius 3 is 2.50 bits per heavy atom. The lowest BCUT2D eigenvalue weighted by atomic mass is 10.3. The van der Waals surface area contributed by atoms with Gasteiger partial charge < -0.3 is 4.74 Å². The normalized spacial score (nSPS) is 10.9. The lowest BCUT2D eigenvalue weighted by molar-refractivity contribution is -0.186. The second kappa shape index (κ2) is 4.79. The second-order valence-corrected chi connectivity index (χ2v) is 2.10. The molecule has 2 nitrogen and oxygen atoms in total. The molecule has 0 unspecified atom stereocenters. The molecular formula is C7H9F3O2.